The first-order chi connectivity index (χ1) is 9.41. The first-order valence-corrected chi connectivity index (χ1v) is 7.41. The summed E-state index contributed by atoms with van der Waals surface area (Å²) in [5.41, 5.74) is 4.17. The van der Waals surface area contributed by atoms with E-state index >= 15 is 0 Å². The van der Waals surface area contributed by atoms with Crippen LogP contribution in [-0.4, -0.2) is 45.6 Å². The van der Waals surface area contributed by atoms with Crippen LogP contribution in [0.1, 0.15) is 51.9 Å². The van der Waals surface area contributed by atoms with Gasteiger partial charge in [-0.05, 0) is 26.2 Å². The van der Waals surface area contributed by atoms with Crippen molar-refractivity contribution in [3.05, 3.63) is 0 Å². The maximum absolute atomic E-state index is 12.9. The summed E-state index contributed by atoms with van der Waals surface area (Å²) >= 11 is 0. The van der Waals surface area contributed by atoms with Crippen molar-refractivity contribution in [2.75, 3.05) is 13.1 Å². The van der Waals surface area contributed by atoms with Crippen LogP contribution in [-0.2, 0) is 4.79 Å². The molecule has 20 heavy (non-hydrogen) atoms. The van der Waals surface area contributed by atoms with Gasteiger partial charge in [0.25, 0.3) is 0 Å². The normalized spacial score (nSPS) is 31.1. The van der Waals surface area contributed by atoms with Gasteiger partial charge in [0, 0.05) is 13.1 Å². The molecule has 0 spiro atoms. The van der Waals surface area contributed by atoms with Crippen molar-refractivity contribution < 1.29 is 15.1 Å². The highest BCUT2D eigenvalue weighted by Gasteiger charge is 2.48. The Morgan fingerprint density at radius 1 is 1.20 bits per heavy atom. The summed E-state index contributed by atoms with van der Waals surface area (Å²) in [5.74, 6) is -0.0663. The number of oxime groups is 1. The highest BCUT2D eigenvalue weighted by molar-refractivity contribution is 6.06. The van der Waals surface area contributed by atoms with E-state index in [4.69, 9.17) is 10.9 Å². The number of carbonyl (C=O) groups excluding carboxylic acids is 1. The highest BCUT2D eigenvalue weighted by atomic mass is 16.4. The van der Waals surface area contributed by atoms with Crippen molar-refractivity contribution in [2.45, 2.75) is 57.5 Å². The maximum Gasteiger partial charge on any atom is 0.236 e. The molecule has 0 aromatic heterocycles. The van der Waals surface area contributed by atoms with E-state index in [9.17, 15) is 9.90 Å². The number of carbonyl (C=O) groups is 1. The van der Waals surface area contributed by atoms with Gasteiger partial charge in [-0.25, -0.2) is 0 Å². The number of amidine groups is 1. The lowest BCUT2D eigenvalue weighted by Crippen LogP contribution is -2.51. The second-order valence-corrected chi connectivity index (χ2v) is 6.46. The van der Waals surface area contributed by atoms with Gasteiger partial charge in [-0.1, -0.05) is 30.8 Å². The lowest BCUT2D eigenvalue weighted by Gasteiger charge is -2.34. The van der Waals surface area contributed by atoms with Crippen LogP contribution in [0.25, 0.3) is 0 Å². The van der Waals surface area contributed by atoms with Crippen molar-refractivity contribution in [3.63, 3.8) is 0 Å². The standard InChI is InChI=1S/C14H25N3O3/c1-13(19)8-9-17(10-13)12(18)14(11(15)16-20)6-4-2-3-5-7-14/h19-20H,2-10H2,1H3,(H2,15,16). The summed E-state index contributed by atoms with van der Waals surface area (Å²) in [7, 11) is 0. The molecule has 1 saturated heterocycles. The van der Waals surface area contributed by atoms with Crippen LogP contribution in [0, 0.1) is 5.41 Å². The number of nitrogens with zero attached hydrogens (tertiary/aromatic N) is 2. The van der Waals surface area contributed by atoms with Crippen LogP contribution in [0.5, 0.6) is 0 Å². The van der Waals surface area contributed by atoms with E-state index < -0.39 is 11.0 Å². The lowest BCUT2D eigenvalue weighted by atomic mass is 9.77. The van der Waals surface area contributed by atoms with E-state index in [1.807, 2.05) is 0 Å². The number of hydrogen-bond donors (Lipinski definition) is 3. The third-order valence-electron chi connectivity index (χ3n) is 4.70. The minimum absolute atomic E-state index is 0.0240. The first kappa shape index (κ1) is 15.1. The quantitative estimate of drug-likeness (QED) is 0.232. The van der Waals surface area contributed by atoms with E-state index in [0.29, 0.717) is 32.4 Å². The Labute approximate surface area is 119 Å². The van der Waals surface area contributed by atoms with Crippen LogP contribution in [0.2, 0.25) is 0 Å². The molecule has 1 unspecified atom stereocenters. The van der Waals surface area contributed by atoms with Crippen molar-refractivity contribution in [2.24, 2.45) is 16.3 Å². The van der Waals surface area contributed by atoms with Gasteiger partial charge in [0.05, 0.1) is 5.60 Å². The molecular weight excluding hydrogens is 258 g/mol. The number of rotatable bonds is 2. The van der Waals surface area contributed by atoms with Gasteiger partial charge < -0.3 is 20.9 Å². The van der Waals surface area contributed by atoms with E-state index in [2.05, 4.69) is 5.16 Å². The molecule has 1 aliphatic heterocycles. The third-order valence-corrected chi connectivity index (χ3v) is 4.70. The molecule has 1 heterocycles. The Bertz CT molecular complexity index is 398. The third kappa shape index (κ3) is 2.75. The van der Waals surface area contributed by atoms with Crippen LogP contribution >= 0.6 is 0 Å². The molecule has 1 aliphatic carbocycles. The lowest BCUT2D eigenvalue weighted by molar-refractivity contribution is -0.139. The summed E-state index contributed by atoms with van der Waals surface area (Å²) in [5, 5.41) is 22.3. The molecule has 1 saturated carbocycles. The Kier molecular flexibility index (Phi) is 4.22. The molecule has 6 heteroatoms. The number of amides is 1. The summed E-state index contributed by atoms with van der Waals surface area (Å²) in [6.07, 6.45) is 5.79. The zero-order valence-corrected chi connectivity index (χ0v) is 12.1. The number of β-amino-alcohol motifs (C(OH)–C–C–N with tert-alkyl or cyclic N) is 1. The number of likely N-dealkylation sites (tertiary alicyclic amines) is 1. The Hall–Kier alpha value is -1.30. The van der Waals surface area contributed by atoms with Gasteiger partial charge in [-0.3, -0.25) is 4.79 Å². The molecule has 1 amide bonds. The monoisotopic (exact) mass is 283 g/mol. The largest absolute Gasteiger partial charge is 0.409 e. The second kappa shape index (κ2) is 5.60. The fourth-order valence-corrected chi connectivity index (χ4v) is 3.43. The van der Waals surface area contributed by atoms with Gasteiger partial charge in [-0.15, -0.1) is 0 Å². The van der Waals surface area contributed by atoms with Crippen molar-refractivity contribution in [1.29, 1.82) is 0 Å². The van der Waals surface area contributed by atoms with Gasteiger partial charge in [0.1, 0.15) is 5.41 Å². The van der Waals surface area contributed by atoms with Crippen LogP contribution in [0.4, 0.5) is 0 Å². The van der Waals surface area contributed by atoms with Gasteiger partial charge in [0.15, 0.2) is 5.84 Å². The minimum Gasteiger partial charge on any atom is -0.409 e. The molecule has 2 fully saturated rings. The van der Waals surface area contributed by atoms with Gasteiger partial charge in [0.2, 0.25) is 5.91 Å². The summed E-state index contributed by atoms with van der Waals surface area (Å²) in [6.45, 7) is 2.60. The molecule has 6 nitrogen and oxygen atoms in total. The van der Waals surface area contributed by atoms with Crippen molar-refractivity contribution in [3.8, 4) is 0 Å². The molecule has 2 aliphatic rings. The van der Waals surface area contributed by atoms with E-state index in [1.54, 1.807) is 11.8 Å². The Morgan fingerprint density at radius 3 is 2.25 bits per heavy atom. The SMILES string of the molecule is CC1(O)CCN(C(=O)C2(C(N)=NO)CCCCCC2)C1. The highest BCUT2D eigenvalue weighted by Crippen LogP contribution is 2.38. The van der Waals surface area contributed by atoms with E-state index in [1.165, 1.54) is 0 Å². The summed E-state index contributed by atoms with van der Waals surface area (Å²) in [6, 6.07) is 0. The molecule has 2 rings (SSSR count). The van der Waals surface area contributed by atoms with E-state index in [-0.39, 0.29) is 11.7 Å². The average Bonchev–Trinajstić information content (AvgIpc) is 2.65. The smallest absolute Gasteiger partial charge is 0.236 e. The topological polar surface area (TPSA) is 99.2 Å². The second-order valence-electron chi connectivity index (χ2n) is 6.46. The Balaban J connectivity index is 2.25. The molecule has 0 radical (unpaired) electrons. The van der Waals surface area contributed by atoms with Crippen molar-refractivity contribution in [1.82, 2.24) is 4.90 Å². The number of aliphatic hydroxyl groups is 1. The molecule has 0 aromatic rings. The predicted octanol–water partition coefficient (Wildman–Crippen LogP) is 1.06. The first-order valence-electron chi connectivity index (χ1n) is 7.41. The van der Waals surface area contributed by atoms with Crippen molar-refractivity contribution >= 4 is 11.7 Å². The zero-order valence-electron chi connectivity index (χ0n) is 12.1. The average molecular weight is 283 g/mol. The van der Waals surface area contributed by atoms with Crippen LogP contribution in [0.15, 0.2) is 5.16 Å². The molecular formula is C14H25N3O3. The molecule has 1 atom stereocenters. The van der Waals surface area contributed by atoms with Crippen LogP contribution < -0.4 is 5.73 Å². The molecule has 4 N–H and O–H groups in total. The van der Waals surface area contributed by atoms with E-state index in [0.717, 1.165) is 25.7 Å². The zero-order chi connectivity index (χ0) is 14.8. The number of nitrogens with two attached hydrogens (primary N) is 1. The fraction of sp³-hybridized carbons (Fsp3) is 0.857. The number of hydrogen-bond acceptors (Lipinski definition) is 4. The van der Waals surface area contributed by atoms with Gasteiger partial charge in [-0.2, -0.15) is 0 Å². The fourth-order valence-electron chi connectivity index (χ4n) is 3.43. The van der Waals surface area contributed by atoms with Crippen LogP contribution in [0.3, 0.4) is 0 Å². The molecule has 0 bridgehead atoms. The molecule has 114 valence electrons. The molecule has 0 aromatic carbocycles. The minimum atomic E-state index is -0.883. The summed E-state index contributed by atoms with van der Waals surface area (Å²) in [4.78, 5) is 14.6. The van der Waals surface area contributed by atoms with Gasteiger partial charge >= 0.3 is 0 Å². The predicted molar refractivity (Wildman–Crippen MR) is 75.4 cm³/mol. The maximum atomic E-state index is 12.9. The Morgan fingerprint density at radius 2 is 1.80 bits per heavy atom. The summed E-state index contributed by atoms with van der Waals surface area (Å²) < 4.78 is 0.